The number of nitrogens with one attached hydrogen (secondary N) is 1. The van der Waals surface area contributed by atoms with E-state index in [4.69, 9.17) is 16.3 Å². The molecule has 0 radical (unpaired) electrons. The van der Waals surface area contributed by atoms with Crippen LogP contribution in [0.3, 0.4) is 0 Å². The highest BCUT2D eigenvalue weighted by atomic mass is 35.5. The van der Waals surface area contributed by atoms with Gasteiger partial charge in [-0.3, -0.25) is 14.2 Å². The number of carbonyl (C=O) groups is 1. The highest BCUT2D eigenvalue weighted by Gasteiger charge is 2.19. The number of benzene rings is 2. The van der Waals surface area contributed by atoms with Crippen LogP contribution in [-0.4, -0.2) is 33.4 Å². The van der Waals surface area contributed by atoms with Gasteiger partial charge in [-0.2, -0.15) is 0 Å². The molecule has 164 valence electrons. The maximum absolute atomic E-state index is 13.1. The summed E-state index contributed by atoms with van der Waals surface area (Å²) >= 11 is 7.17. The van der Waals surface area contributed by atoms with Gasteiger partial charge in [-0.05, 0) is 63.6 Å². The number of para-hydroxylation sites is 1. The van der Waals surface area contributed by atoms with Gasteiger partial charge in [0, 0.05) is 23.9 Å². The zero-order valence-electron chi connectivity index (χ0n) is 17.8. The lowest BCUT2D eigenvalue weighted by atomic mass is 10.2. The molecular weight excluding hydrogens is 434 g/mol. The number of halogens is 1. The van der Waals surface area contributed by atoms with Crippen LogP contribution in [0.4, 0.5) is 5.69 Å². The average molecular weight is 460 g/mol. The van der Waals surface area contributed by atoms with Crippen molar-refractivity contribution in [3.8, 4) is 0 Å². The van der Waals surface area contributed by atoms with E-state index < -0.39 is 5.25 Å². The highest BCUT2D eigenvalue weighted by molar-refractivity contribution is 8.00. The fraction of sp³-hybridized carbons (Fsp3) is 0.348. The van der Waals surface area contributed by atoms with E-state index in [1.807, 2.05) is 32.0 Å². The zero-order chi connectivity index (χ0) is 22.4. The molecule has 0 saturated heterocycles. The van der Waals surface area contributed by atoms with Crippen LogP contribution < -0.4 is 10.9 Å². The van der Waals surface area contributed by atoms with Crippen LogP contribution in [0.25, 0.3) is 10.9 Å². The quantitative estimate of drug-likeness (QED) is 0.277. The number of aromatic nitrogens is 2. The molecule has 0 spiro atoms. The first kappa shape index (κ1) is 23.3. The third-order valence-corrected chi connectivity index (χ3v) is 5.91. The molecule has 1 N–H and O–H groups in total. The van der Waals surface area contributed by atoms with Gasteiger partial charge in [0.15, 0.2) is 5.16 Å². The van der Waals surface area contributed by atoms with Crippen molar-refractivity contribution in [2.45, 2.75) is 50.2 Å². The SMILES string of the molecule is CC(C)OCCCn1c(SC(C)C(=O)Nc2ccc(Cl)cc2)nc2ccccc2c1=O. The summed E-state index contributed by atoms with van der Waals surface area (Å²) in [7, 11) is 0. The minimum atomic E-state index is -0.457. The van der Waals surface area contributed by atoms with E-state index in [1.54, 1.807) is 41.8 Å². The highest BCUT2D eigenvalue weighted by Crippen LogP contribution is 2.24. The van der Waals surface area contributed by atoms with Crippen LogP contribution in [0.1, 0.15) is 27.2 Å². The maximum Gasteiger partial charge on any atom is 0.262 e. The van der Waals surface area contributed by atoms with E-state index in [0.29, 0.717) is 46.3 Å². The van der Waals surface area contributed by atoms with Crippen molar-refractivity contribution >= 4 is 45.9 Å². The smallest absolute Gasteiger partial charge is 0.262 e. The molecule has 3 aromatic rings. The topological polar surface area (TPSA) is 73.2 Å². The van der Waals surface area contributed by atoms with Gasteiger partial charge in [-0.15, -0.1) is 0 Å². The molecule has 1 unspecified atom stereocenters. The molecular formula is C23H26ClN3O3S. The van der Waals surface area contributed by atoms with Crippen LogP contribution in [-0.2, 0) is 16.1 Å². The Morgan fingerprint density at radius 2 is 1.87 bits per heavy atom. The average Bonchev–Trinajstić information content (AvgIpc) is 2.74. The Bertz CT molecular complexity index is 1100. The molecule has 1 heterocycles. The molecule has 0 aliphatic rings. The van der Waals surface area contributed by atoms with Gasteiger partial charge in [-0.25, -0.2) is 4.98 Å². The van der Waals surface area contributed by atoms with Gasteiger partial charge in [0.05, 0.1) is 22.3 Å². The Kier molecular flexibility index (Phi) is 8.12. The molecule has 1 atom stereocenters. The van der Waals surface area contributed by atoms with E-state index in [2.05, 4.69) is 10.3 Å². The fourth-order valence-corrected chi connectivity index (χ4v) is 4.03. The molecule has 3 rings (SSSR count). The fourth-order valence-electron chi connectivity index (χ4n) is 2.97. The lowest BCUT2D eigenvalue weighted by Gasteiger charge is -2.17. The largest absolute Gasteiger partial charge is 0.379 e. The van der Waals surface area contributed by atoms with Crippen molar-refractivity contribution in [3.05, 3.63) is 63.9 Å². The lowest BCUT2D eigenvalue weighted by molar-refractivity contribution is -0.115. The number of rotatable bonds is 9. The molecule has 31 heavy (non-hydrogen) atoms. The summed E-state index contributed by atoms with van der Waals surface area (Å²) in [5.74, 6) is -0.176. The van der Waals surface area contributed by atoms with Crippen LogP contribution in [0.5, 0.6) is 0 Å². The lowest BCUT2D eigenvalue weighted by Crippen LogP contribution is -2.27. The first-order valence-corrected chi connectivity index (χ1v) is 11.4. The molecule has 8 heteroatoms. The maximum atomic E-state index is 13.1. The molecule has 0 fully saturated rings. The van der Waals surface area contributed by atoms with E-state index in [9.17, 15) is 9.59 Å². The first-order valence-electron chi connectivity index (χ1n) is 10.2. The number of hydrogen-bond donors (Lipinski definition) is 1. The molecule has 0 aliphatic heterocycles. The minimum Gasteiger partial charge on any atom is -0.379 e. The number of nitrogens with zero attached hydrogens (tertiary/aromatic N) is 2. The number of amides is 1. The molecule has 6 nitrogen and oxygen atoms in total. The summed E-state index contributed by atoms with van der Waals surface area (Å²) < 4.78 is 7.25. The standard InChI is InChI=1S/C23H26ClN3O3S/c1-15(2)30-14-6-13-27-22(29)19-7-4-5-8-20(19)26-23(27)31-16(3)21(28)25-18-11-9-17(24)10-12-18/h4-5,7-12,15-16H,6,13-14H2,1-3H3,(H,25,28). The second kappa shape index (κ2) is 10.8. The number of hydrogen-bond acceptors (Lipinski definition) is 5. The minimum absolute atomic E-state index is 0.108. The molecule has 1 aromatic heterocycles. The number of fused-ring (bicyclic) bond motifs is 1. The summed E-state index contributed by atoms with van der Waals surface area (Å²) in [6.07, 6.45) is 0.814. The van der Waals surface area contributed by atoms with Gasteiger partial charge >= 0.3 is 0 Å². The Morgan fingerprint density at radius 1 is 1.16 bits per heavy atom. The van der Waals surface area contributed by atoms with Crippen LogP contribution in [0.2, 0.25) is 5.02 Å². The Hall–Kier alpha value is -2.35. The van der Waals surface area contributed by atoms with Crippen molar-refractivity contribution in [2.24, 2.45) is 0 Å². The van der Waals surface area contributed by atoms with Crippen molar-refractivity contribution in [3.63, 3.8) is 0 Å². The summed E-state index contributed by atoms with van der Waals surface area (Å²) in [5.41, 5.74) is 1.18. The molecule has 0 bridgehead atoms. The van der Waals surface area contributed by atoms with Gasteiger partial charge in [0.2, 0.25) is 5.91 Å². The number of anilines is 1. The number of thioether (sulfide) groups is 1. The van der Waals surface area contributed by atoms with Gasteiger partial charge in [0.1, 0.15) is 0 Å². The summed E-state index contributed by atoms with van der Waals surface area (Å²) in [4.78, 5) is 30.5. The second-order valence-corrected chi connectivity index (χ2v) is 9.14. The van der Waals surface area contributed by atoms with Crippen molar-refractivity contribution in [2.75, 3.05) is 11.9 Å². The predicted molar refractivity (Wildman–Crippen MR) is 127 cm³/mol. The number of carbonyl (C=O) groups excluding carboxylic acids is 1. The first-order chi connectivity index (χ1) is 14.8. The third kappa shape index (κ3) is 6.32. The normalized spacial score (nSPS) is 12.3. The Morgan fingerprint density at radius 3 is 2.58 bits per heavy atom. The van der Waals surface area contributed by atoms with Crippen LogP contribution >= 0.6 is 23.4 Å². The van der Waals surface area contributed by atoms with E-state index in [-0.39, 0.29) is 17.6 Å². The molecule has 2 aromatic carbocycles. The van der Waals surface area contributed by atoms with Crippen LogP contribution in [0.15, 0.2) is 58.5 Å². The Balaban J connectivity index is 1.81. The Labute approximate surface area is 191 Å². The van der Waals surface area contributed by atoms with E-state index in [0.717, 1.165) is 0 Å². The summed E-state index contributed by atoms with van der Waals surface area (Å²) in [5, 5.41) is 4.10. The van der Waals surface area contributed by atoms with Crippen molar-refractivity contribution in [1.29, 1.82) is 0 Å². The monoisotopic (exact) mass is 459 g/mol. The van der Waals surface area contributed by atoms with Gasteiger partial charge in [0.25, 0.3) is 5.56 Å². The molecule has 0 saturated carbocycles. The van der Waals surface area contributed by atoms with Crippen LogP contribution in [0, 0.1) is 0 Å². The molecule has 0 aliphatic carbocycles. The van der Waals surface area contributed by atoms with Gasteiger partial charge < -0.3 is 10.1 Å². The summed E-state index contributed by atoms with van der Waals surface area (Å²) in [6, 6.07) is 14.2. The third-order valence-electron chi connectivity index (χ3n) is 4.57. The van der Waals surface area contributed by atoms with Crippen molar-refractivity contribution < 1.29 is 9.53 Å². The van der Waals surface area contributed by atoms with Crippen molar-refractivity contribution in [1.82, 2.24) is 9.55 Å². The second-order valence-electron chi connectivity index (χ2n) is 7.40. The summed E-state index contributed by atoms with van der Waals surface area (Å²) in [6.45, 7) is 6.77. The van der Waals surface area contributed by atoms with Gasteiger partial charge in [-0.1, -0.05) is 35.5 Å². The number of ether oxygens (including phenoxy) is 1. The van der Waals surface area contributed by atoms with E-state index in [1.165, 1.54) is 11.8 Å². The van der Waals surface area contributed by atoms with E-state index >= 15 is 0 Å². The zero-order valence-corrected chi connectivity index (χ0v) is 19.4. The predicted octanol–water partition coefficient (Wildman–Crippen LogP) is 4.98. The molecule has 1 amide bonds.